The molecular formula is C12H20FNO2. The molecular weight excluding hydrogens is 209 g/mol. The van der Waals surface area contributed by atoms with Crippen LogP contribution in [0.25, 0.3) is 0 Å². The second kappa shape index (κ2) is 4.32. The van der Waals surface area contributed by atoms with Crippen LogP contribution in [-0.4, -0.2) is 41.3 Å². The summed E-state index contributed by atoms with van der Waals surface area (Å²) in [5, 5.41) is 9.59. The van der Waals surface area contributed by atoms with Gasteiger partial charge in [-0.25, -0.2) is 0 Å². The summed E-state index contributed by atoms with van der Waals surface area (Å²) in [6.07, 6.45) is 2.72. The maximum atomic E-state index is 12.4. The highest BCUT2D eigenvalue weighted by Gasteiger charge is 2.44. The van der Waals surface area contributed by atoms with E-state index in [1.54, 1.807) is 6.92 Å². The highest BCUT2D eigenvalue weighted by molar-refractivity contribution is 5.80. The molecule has 4 heteroatoms. The molecule has 92 valence electrons. The molecule has 3 nitrogen and oxygen atoms in total. The molecule has 0 unspecified atom stereocenters. The summed E-state index contributed by atoms with van der Waals surface area (Å²) in [4.78, 5) is 13.8. The largest absolute Gasteiger partial charge is 0.390 e. The van der Waals surface area contributed by atoms with Crippen LogP contribution in [0.5, 0.6) is 0 Å². The Morgan fingerprint density at radius 2 is 2.00 bits per heavy atom. The number of rotatable bonds is 2. The van der Waals surface area contributed by atoms with Gasteiger partial charge in [-0.3, -0.25) is 9.18 Å². The van der Waals surface area contributed by atoms with Gasteiger partial charge in [-0.2, -0.15) is 0 Å². The molecule has 0 spiro atoms. The Bertz CT molecular complexity index is 264. The van der Waals surface area contributed by atoms with Gasteiger partial charge in [0.1, 0.15) is 0 Å². The third kappa shape index (κ3) is 2.37. The Hall–Kier alpha value is -0.640. The molecule has 0 aromatic carbocycles. The van der Waals surface area contributed by atoms with Crippen molar-refractivity contribution in [3.63, 3.8) is 0 Å². The zero-order valence-corrected chi connectivity index (χ0v) is 9.79. The number of alkyl halides is 1. The molecule has 0 aromatic rings. The summed E-state index contributed by atoms with van der Waals surface area (Å²) < 4.78 is 12.4. The molecule has 16 heavy (non-hydrogen) atoms. The fraction of sp³-hybridized carbons (Fsp3) is 0.917. The molecule has 1 heterocycles. The predicted molar refractivity (Wildman–Crippen MR) is 58.6 cm³/mol. The fourth-order valence-electron chi connectivity index (χ4n) is 2.74. The van der Waals surface area contributed by atoms with Crippen LogP contribution in [0.1, 0.15) is 32.6 Å². The van der Waals surface area contributed by atoms with Gasteiger partial charge in [0.15, 0.2) is 0 Å². The molecule has 2 rings (SSSR count). The molecule has 2 fully saturated rings. The van der Waals surface area contributed by atoms with Crippen molar-refractivity contribution in [2.45, 2.75) is 38.2 Å². The van der Waals surface area contributed by atoms with E-state index in [1.165, 1.54) is 0 Å². The van der Waals surface area contributed by atoms with Crippen LogP contribution in [0.3, 0.4) is 0 Å². The number of hydrogen-bond acceptors (Lipinski definition) is 2. The molecule has 1 saturated heterocycles. The maximum Gasteiger partial charge on any atom is 0.225 e. The van der Waals surface area contributed by atoms with Crippen molar-refractivity contribution in [3.05, 3.63) is 0 Å². The zero-order chi connectivity index (χ0) is 11.8. The van der Waals surface area contributed by atoms with E-state index in [-0.39, 0.29) is 24.4 Å². The van der Waals surface area contributed by atoms with Gasteiger partial charge < -0.3 is 10.0 Å². The number of carbonyl (C=O) groups excluding carboxylic acids is 1. The number of piperidine rings is 1. The third-order valence-electron chi connectivity index (χ3n) is 3.87. The summed E-state index contributed by atoms with van der Waals surface area (Å²) in [5.41, 5.74) is -0.641. The van der Waals surface area contributed by atoms with E-state index in [4.69, 9.17) is 0 Å². The second-order valence-corrected chi connectivity index (χ2v) is 5.53. The van der Waals surface area contributed by atoms with E-state index >= 15 is 0 Å². The lowest BCUT2D eigenvalue weighted by Crippen LogP contribution is -2.51. The molecule has 0 atom stereocenters. The van der Waals surface area contributed by atoms with Crippen LogP contribution < -0.4 is 0 Å². The van der Waals surface area contributed by atoms with Gasteiger partial charge in [0.2, 0.25) is 5.91 Å². The smallest absolute Gasteiger partial charge is 0.225 e. The predicted octanol–water partition coefficient (Wildman–Crippen LogP) is 1.36. The molecule has 0 aromatic heterocycles. The lowest BCUT2D eigenvalue weighted by Gasteiger charge is -2.43. The SMILES string of the molecule is CC1(O)CC(C(=O)N2CCC(CF)CC2)C1. The molecule has 1 aliphatic carbocycles. The maximum absolute atomic E-state index is 12.4. The average Bonchev–Trinajstić information content (AvgIpc) is 2.25. The van der Waals surface area contributed by atoms with Gasteiger partial charge in [-0.15, -0.1) is 0 Å². The molecule has 1 saturated carbocycles. The first-order valence-corrected chi connectivity index (χ1v) is 6.09. The highest BCUT2D eigenvalue weighted by Crippen LogP contribution is 2.38. The van der Waals surface area contributed by atoms with E-state index < -0.39 is 5.60 Å². The van der Waals surface area contributed by atoms with Crippen molar-refractivity contribution in [2.24, 2.45) is 11.8 Å². The van der Waals surface area contributed by atoms with E-state index in [2.05, 4.69) is 0 Å². The van der Waals surface area contributed by atoms with Crippen LogP contribution in [-0.2, 0) is 4.79 Å². The highest BCUT2D eigenvalue weighted by atomic mass is 19.1. The third-order valence-corrected chi connectivity index (χ3v) is 3.87. The number of hydrogen-bond donors (Lipinski definition) is 1. The Labute approximate surface area is 95.6 Å². The van der Waals surface area contributed by atoms with Crippen molar-refractivity contribution in [3.8, 4) is 0 Å². The number of halogens is 1. The van der Waals surface area contributed by atoms with Crippen LogP contribution in [0.15, 0.2) is 0 Å². The van der Waals surface area contributed by atoms with Crippen LogP contribution in [0.2, 0.25) is 0 Å². The summed E-state index contributed by atoms with van der Waals surface area (Å²) in [6, 6.07) is 0. The van der Waals surface area contributed by atoms with E-state index in [0.717, 1.165) is 12.8 Å². The number of amides is 1. The molecule has 0 radical (unpaired) electrons. The van der Waals surface area contributed by atoms with Gasteiger partial charge in [0, 0.05) is 19.0 Å². The Kier molecular flexibility index (Phi) is 3.19. The lowest BCUT2D eigenvalue weighted by atomic mass is 9.71. The second-order valence-electron chi connectivity index (χ2n) is 5.53. The summed E-state index contributed by atoms with van der Waals surface area (Å²) >= 11 is 0. The normalized spacial score (nSPS) is 35.9. The summed E-state index contributed by atoms with van der Waals surface area (Å²) in [5.74, 6) is 0.300. The van der Waals surface area contributed by atoms with Crippen molar-refractivity contribution in [1.29, 1.82) is 0 Å². The van der Waals surface area contributed by atoms with Crippen LogP contribution in [0.4, 0.5) is 4.39 Å². The summed E-state index contributed by atoms with van der Waals surface area (Å²) in [7, 11) is 0. The van der Waals surface area contributed by atoms with Crippen LogP contribution in [0, 0.1) is 11.8 Å². The zero-order valence-electron chi connectivity index (χ0n) is 9.79. The topological polar surface area (TPSA) is 40.5 Å². The number of aliphatic hydroxyl groups is 1. The number of likely N-dealkylation sites (tertiary alicyclic amines) is 1. The molecule has 1 amide bonds. The minimum absolute atomic E-state index is 0.00285. The first kappa shape index (κ1) is 11.8. The van der Waals surface area contributed by atoms with Crippen molar-refractivity contribution in [1.82, 2.24) is 4.90 Å². The van der Waals surface area contributed by atoms with Crippen LogP contribution >= 0.6 is 0 Å². The Balaban J connectivity index is 1.79. The first-order chi connectivity index (χ1) is 7.52. The van der Waals surface area contributed by atoms with E-state index in [9.17, 15) is 14.3 Å². The molecule has 1 N–H and O–H groups in total. The van der Waals surface area contributed by atoms with Gasteiger partial charge in [-0.1, -0.05) is 0 Å². The lowest BCUT2D eigenvalue weighted by molar-refractivity contribution is -0.151. The number of nitrogens with zero attached hydrogens (tertiary/aromatic N) is 1. The fourth-order valence-corrected chi connectivity index (χ4v) is 2.74. The average molecular weight is 229 g/mol. The summed E-state index contributed by atoms with van der Waals surface area (Å²) in [6.45, 7) is 2.88. The van der Waals surface area contributed by atoms with Gasteiger partial charge in [0.05, 0.1) is 12.3 Å². The standard InChI is InChI=1S/C12H20FNO2/c1-12(16)6-10(7-12)11(15)14-4-2-9(8-13)3-5-14/h9-10,16H,2-8H2,1H3. The molecule has 0 bridgehead atoms. The van der Waals surface area contributed by atoms with E-state index in [0.29, 0.717) is 25.9 Å². The van der Waals surface area contributed by atoms with Crippen molar-refractivity contribution >= 4 is 5.91 Å². The first-order valence-electron chi connectivity index (χ1n) is 6.09. The minimum Gasteiger partial charge on any atom is -0.390 e. The van der Waals surface area contributed by atoms with Gasteiger partial charge in [-0.05, 0) is 38.5 Å². The molecule has 1 aliphatic heterocycles. The van der Waals surface area contributed by atoms with Crippen molar-refractivity contribution in [2.75, 3.05) is 19.8 Å². The minimum atomic E-state index is -0.641. The Morgan fingerprint density at radius 1 is 1.44 bits per heavy atom. The van der Waals surface area contributed by atoms with E-state index in [1.807, 2.05) is 4.90 Å². The quantitative estimate of drug-likeness (QED) is 0.776. The van der Waals surface area contributed by atoms with Gasteiger partial charge >= 0.3 is 0 Å². The monoisotopic (exact) mass is 229 g/mol. The Morgan fingerprint density at radius 3 is 2.44 bits per heavy atom. The molecule has 2 aliphatic rings. The van der Waals surface area contributed by atoms with Crippen molar-refractivity contribution < 1.29 is 14.3 Å². The van der Waals surface area contributed by atoms with Gasteiger partial charge in [0.25, 0.3) is 0 Å². The number of carbonyl (C=O) groups is 1.